The van der Waals surface area contributed by atoms with Crippen molar-refractivity contribution in [3.63, 3.8) is 0 Å². The van der Waals surface area contributed by atoms with Gasteiger partial charge in [0, 0.05) is 31.3 Å². The first kappa shape index (κ1) is 14.5. The van der Waals surface area contributed by atoms with Gasteiger partial charge in [0.1, 0.15) is 18.1 Å². The van der Waals surface area contributed by atoms with Gasteiger partial charge in [0.25, 0.3) is 0 Å². The van der Waals surface area contributed by atoms with Gasteiger partial charge in [0.05, 0.1) is 12.7 Å². The molecule has 3 atom stereocenters. The summed E-state index contributed by atoms with van der Waals surface area (Å²) >= 11 is 0. The van der Waals surface area contributed by atoms with E-state index in [4.69, 9.17) is 9.84 Å². The second-order valence-electron chi connectivity index (χ2n) is 5.75. The van der Waals surface area contributed by atoms with Gasteiger partial charge >= 0.3 is 5.69 Å². The van der Waals surface area contributed by atoms with E-state index < -0.39 is 18.4 Å². The standard InChI is InChI=1S/C14H21N3O4/c1-9-7-17(12-6-10(19)11(8-18)21-12)14(20)15-13(9)16-4-2-3-5-16/h7,10-12,18-19H,2-6,8H2,1H3. The third-order valence-electron chi connectivity index (χ3n) is 4.21. The van der Waals surface area contributed by atoms with Crippen molar-refractivity contribution in [3.05, 3.63) is 22.2 Å². The Morgan fingerprint density at radius 2 is 2.14 bits per heavy atom. The Labute approximate surface area is 122 Å². The van der Waals surface area contributed by atoms with Crippen LogP contribution in [0.1, 0.15) is 31.1 Å². The number of nitrogens with zero attached hydrogens (tertiary/aromatic N) is 3. The van der Waals surface area contributed by atoms with Crippen LogP contribution in [0, 0.1) is 6.92 Å². The lowest BCUT2D eigenvalue weighted by Gasteiger charge is -2.21. The van der Waals surface area contributed by atoms with Crippen molar-refractivity contribution in [1.29, 1.82) is 0 Å². The van der Waals surface area contributed by atoms with Gasteiger partial charge in [-0.1, -0.05) is 0 Å². The highest BCUT2D eigenvalue weighted by atomic mass is 16.5. The summed E-state index contributed by atoms with van der Waals surface area (Å²) in [4.78, 5) is 18.5. The van der Waals surface area contributed by atoms with Crippen LogP contribution in [-0.2, 0) is 4.74 Å². The summed E-state index contributed by atoms with van der Waals surface area (Å²) in [6.45, 7) is 3.53. The minimum atomic E-state index is -0.759. The number of rotatable bonds is 3. The quantitative estimate of drug-likeness (QED) is 0.802. The molecular weight excluding hydrogens is 274 g/mol. The maximum atomic E-state index is 12.2. The molecule has 0 amide bonds. The van der Waals surface area contributed by atoms with Gasteiger partial charge in [-0.05, 0) is 19.8 Å². The number of hydrogen-bond donors (Lipinski definition) is 2. The van der Waals surface area contributed by atoms with Crippen LogP contribution in [0.25, 0.3) is 0 Å². The average Bonchev–Trinajstić information content (AvgIpc) is 3.10. The van der Waals surface area contributed by atoms with Crippen molar-refractivity contribution in [1.82, 2.24) is 9.55 Å². The van der Waals surface area contributed by atoms with E-state index in [1.165, 1.54) is 4.57 Å². The van der Waals surface area contributed by atoms with Gasteiger partial charge in [-0.25, -0.2) is 4.79 Å². The van der Waals surface area contributed by atoms with E-state index in [0.29, 0.717) is 0 Å². The molecule has 2 saturated heterocycles. The molecule has 7 nitrogen and oxygen atoms in total. The van der Waals surface area contributed by atoms with E-state index in [1.54, 1.807) is 6.20 Å². The van der Waals surface area contributed by atoms with E-state index in [0.717, 1.165) is 37.3 Å². The SMILES string of the molecule is Cc1cn(C2CC(O)C(CO)O2)c(=O)nc1N1CCCC1. The van der Waals surface area contributed by atoms with Crippen LogP contribution in [0.2, 0.25) is 0 Å². The van der Waals surface area contributed by atoms with Crippen LogP contribution in [0.5, 0.6) is 0 Å². The summed E-state index contributed by atoms with van der Waals surface area (Å²) in [6, 6.07) is 0. The molecule has 3 unspecified atom stereocenters. The fraction of sp³-hybridized carbons (Fsp3) is 0.714. The molecule has 2 fully saturated rings. The Hall–Kier alpha value is -1.44. The minimum Gasteiger partial charge on any atom is -0.394 e. The lowest BCUT2D eigenvalue weighted by molar-refractivity contribution is -0.0459. The highest BCUT2D eigenvalue weighted by molar-refractivity contribution is 5.45. The van der Waals surface area contributed by atoms with E-state index >= 15 is 0 Å². The fourth-order valence-electron chi connectivity index (χ4n) is 3.06. The first-order valence-corrected chi connectivity index (χ1v) is 7.39. The van der Waals surface area contributed by atoms with Crippen molar-refractivity contribution in [2.75, 3.05) is 24.6 Å². The normalized spacial score (nSPS) is 29.3. The van der Waals surface area contributed by atoms with Crippen LogP contribution >= 0.6 is 0 Å². The molecule has 2 aliphatic heterocycles. The summed E-state index contributed by atoms with van der Waals surface area (Å²) in [6.07, 6.45) is 2.31. The highest BCUT2D eigenvalue weighted by Gasteiger charge is 2.35. The van der Waals surface area contributed by atoms with Crippen LogP contribution in [0.3, 0.4) is 0 Å². The van der Waals surface area contributed by atoms with E-state index in [1.807, 2.05) is 6.92 Å². The van der Waals surface area contributed by atoms with Crippen LogP contribution in [0.4, 0.5) is 5.82 Å². The minimum absolute atomic E-state index is 0.259. The first-order valence-electron chi connectivity index (χ1n) is 7.39. The van der Waals surface area contributed by atoms with Crippen molar-refractivity contribution < 1.29 is 14.9 Å². The molecule has 7 heteroatoms. The smallest absolute Gasteiger partial charge is 0.351 e. The molecule has 2 N–H and O–H groups in total. The molecule has 3 rings (SSSR count). The Morgan fingerprint density at radius 3 is 2.76 bits per heavy atom. The molecule has 0 aromatic carbocycles. The number of aliphatic hydroxyl groups is 2. The molecule has 2 aliphatic rings. The number of aromatic nitrogens is 2. The molecule has 0 bridgehead atoms. The Kier molecular flexibility index (Phi) is 3.97. The van der Waals surface area contributed by atoms with E-state index in [2.05, 4.69) is 9.88 Å². The van der Waals surface area contributed by atoms with Crippen molar-refractivity contribution >= 4 is 5.82 Å². The van der Waals surface area contributed by atoms with Crippen LogP contribution in [0.15, 0.2) is 11.0 Å². The number of aliphatic hydroxyl groups excluding tert-OH is 2. The third kappa shape index (κ3) is 2.68. The number of aryl methyl sites for hydroxylation is 1. The van der Waals surface area contributed by atoms with Gasteiger partial charge < -0.3 is 19.8 Å². The van der Waals surface area contributed by atoms with Gasteiger partial charge in [-0.15, -0.1) is 0 Å². The summed E-state index contributed by atoms with van der Waals surface area (Å²) in [5.41, 5.74) is 0.542. The summed E-state index contributed by atoms with van der Waals surface area (Å²) < 4.78 is 6.93. The Balaban J connectivity index is 1.87. The zero-order valence-corrected chi connectivity index (χ0v) is 12.1. The third-order valence-corrected chi connectivity index (χ3v) is 4.21. The summed E-state index contributed by atoms with van der Waals surface area (Å²) in [7, 11) is 0. The van der Waals surface area contributed by atoms with Gasteiger partial charge in [0.15, 0.2) is 0 Å². The summed E-state index contributed by atoms with van der Waals surface area (Å²) in [5.74, 6) is 0.742. The van der Waals surface area contributed by atoms with Gasteiger partial charge in [0.2, 0.25) is 0 Å². The maximum absolute atomic E-state index is 12.2. The largest absolute Gasteiger partial charge is 0.394 e. The molecule has 1 aromatic heterocycles. The predicted molar refractivity (Wildman–Crippen MR) is 76.3 cm³/mol. The first-order chi connectivity index (χ1) is 10.1. The second-order valence-corrected chi connectivity index (χ2v) is 5.75. The van der Waals surface area contributed by atoms with Gasteiger partial charge in [-0.2, -0.15) is 4.98 Å². The molecule has 0 spiro atoms. The highest BCUT2D eigenvalue weighted by Crippen LogP contribution is 2.28. The fourth-order valence-corrected chi connectivity index (χ4v) is 3.06. The molecule has 116 valence electrons. The molecule has 21 heavy (non-hydrogen) atoms. The molecular formula is C14H21N3O4. The van der Waals surface area contributed by atoms with E-state index in [-0.39, 0.29) is 18.7 Å². The van der Waals surface area contributed by atoms with Crippen molar-refractivity contribution in [2.45, 2.75) is 44.6 Å². The topological polar surface area (TPSA) is 87.8 Å². The lowest BCUT2D eigenvalue weighted by Crippen LogP contribution is -2.31. The van der Waals surface area contributed by atoms with Crippen LogP contribution in [-0.4, -0.2) is 51.7 Å². The average molecular weight is 295 g/mol. The Morgan fingerprint density at radius 1 is 1.43 bits per heavy atom. The predicted octanol–water partition coefficient (Wildman–Crippen LogP) is -0.207. The van der Waals surface area contributed by atoms with Gasteiger partial charge in [-0.3, -0.25) is 4.57 Å². The lowest BCUT2D eigenvalue weighted by atomic mass is 10.2. The van der Waals surface area contributed by atoms with Crippen LogP contribution < -0.4 is 10.6 Å². The zero-order valence-electron chi connectivity index (χ0n) is 12.1. The Bertz CT molecular complexity index is 568. The molecule has 1 aromatic rings. The monoisotopic (exact) mass is 295 g/mol. The van der Waals surface area contributed by atoms with Crippen molar-refractivity contribution in [2.24, 2.45) is 0 Å². The molecule has 0 saturated carbocycles. The molecule has 0 aliphatic carbocycles. The second kappa shape index (κ2) is 5.75. The number of ether oxygens (including phenoxy) is 1. The molecule has 3 heterocycles. The zero-order chi connectivity index (χ0) is 15.0. The van der Waals surface area contributed by atoms with Crippen molar-refractivity contribution in [3.8, 4) is 0 Å². The number of anilines is 1. The molecule has 0 radical (unpaired) electrons. The maximum Gasteiger partial charge on any atom is 0.351 e. The van der Waals surface area contributed by atoms with E-state index in [9.17, 15) is 9.90 Å². The number of hydrogen-bond acceptors (Lipinski definition) is 6. The summed E-state index contributed by atoms with van der Waals surface area (Å²) in [5, 5.41) is 18.9.